The smallest absolute Gasteiger partial charge is 0.273 e. The van der Waals surface area contributed by atoms with Crippen LogP contribution in [0.15, 0.2) is 18.2 Å². The minimum absolute atomic E-state index is 0.00995. The molecule has 0 spiro atoms. The van der Waals surface area contributed by atoms with Crippen LogP contribution < -0.4 is 10.6 Å². The maximum Gasteiger partial charge on any atom is 0.273 e. The van der Waals surface area contributed by atoms with Gasteiger partial charge in [0.2, 0.25) is 0 Å². The van der Waals surface area contributed by atoms with Crippen LogP contribution in [0, 0.1) is 10.1 Å². The zero-order valence-electron chi connectivity index (χ0n) is 13.7. The molecule has 0 heterocycles. The number of nitro groups is 1. The Morgan fingerprint density at radius 1 is 1.23 bits per heavy atom. The van der Waals surface area contributed by atoms with E-state index in [-0.39, 0.29) is 17.0 Å². The van der Waals surface area contributed by atoms with Gasteiger partial charge in [0.1, 0.15) is 0 Å². The molecule has 0 radical (unpaired) electrons. The van der Waals surface area contributed by atoms with Crippen molar-refractivity contribution in [2.24, 2.45) is 0 Å². The Labute approximate surface area is 131 Å². The second-order valence-electron chi connectivity index (χ2n) is 6.24. The first kappa shape index (κ1) is 18.1. The molecule has 1 aromatic rings. The third-order valence-corrected chi connectivity index (χ3v) is 3.28. The quantitative estimate of drug-likeness (QED) is 0.461. The summed E-state index contributed by atoms with van der Waals surface area (Å²) in [7, 11) is 0. The van der Waals surface area contributed by atoms with Crippen molar-refractivity contribution in [2.45, 2.75) is 39.5 Å². The number of carbonyl (C=O) groups is 1. The topological polar surface area (TPSA) is 84.3 Å². The van der Waals surface area contributed by atoms with Crippen LogP contribution in [0.2, 0.25) is 0 Å². The van der Waals surface area contributed by atoms with Crippen LogP contribution in [0.3, 0.4) is 0 Å². The van der Waals surface area contributed by atoms with E-state index in [9.17, 15) is 14.9 Å². The molecule has 0 saturated heterocycles. The van der Waals surface area contributed by atoms with Gasteiger partial charge in [0.15, 0.2) is 0 Å². The standard InChI is InChI=1S/C16H25N3O3/c1-5-8-17-9-10-18-15(20)12-6-7-13(16(2,3)4)14(11-12)19(21)22/h6-7,11,17H,5,8-10H2,1-4H3,(H,18,20). The molecule has 0 aliphatic rings. The van der Waals surface area contributed by atoms with Gasteiger partial charge in [-0.25, -0.2) is 0 Å². The first-order chi connectivity index (χ1) is 10.3. The Bertz CT molecular complexity index is 536. The van der Waals surface area contributed by atoms with Gasteiger partial charge in [0.05, 0.1) is 4.92 Å². The number of hydrogen-bond acceptors (Lipinski definition) is 4. The highest BCUT2D eigenvalue weighted by atomic mass is 16.6. The lowest BCUT2D eigenvalue weighted by molar-refractivity contribution is -0.386. The molecule has 0 aliphatic carbocycles. The molecular formula is C16H25N3O3. The van der Waals surface area contributed by atoms with Gasteiger partial charge in [-0.15, -0.1) is 0 Å². The summed E-state index contributed by atoms with van der Waals surface area (Å²) in [5.74, 6) is -0.290. The van der Waals surface area contributed by atoms with Crippen molar-refractivity contribution in [1.29, 1.82) is 0 Å². The van der Waals surface area contributed by atoms with E-state index in [0.29, 0.717) is 24.2 Å². The predicted molar refractivity (Wildman–Crippen MR) is 87.3 cm³/mol. The highest BCUT2D eigenvalue weighted by Gasteiger charge is 2.25. The van der Waals surface area contributed by atoms with Crippen molar-refractivity contribution in [3.8, 4) is 0 Å². The lowest BCUT2D eigenvalue weighted by Gasteiger charge is -2.19. The fourth-order valence-corrected chi connectivity index (χ4v) is 2.13. The van der Waals surface area contributed by atoms with Crippen molar-refractivity contribution in [3.05, 3.63) is 39.4 Å². The summed E-state index contributed by atoms with van der Waals surface area (Å²) in [6.45, 7) is 9.88. The number of nitrogens with one attached hydrogen (secondary N) is 2. The van der Waals surface area contributed by atoms with Gasteiger partial charge in [-0.3, -0.25) is 14.9 Å². The number of amides is 1. The van der Waals surface area contributed by atoms with Crippen LogP contribution in [-0.2, 0) is 5.41 Å². The summed E-state index contributed by atoms with van der Waals surface area (Å²) in [5.41, 5.74) is 0.583. The monoisotopic (exact) mass is 307 g/mol. The molecule has 0 unspecified atom stereocenters. The predicted octanol–water partition coefficient (Wildman–Crippen LogP) is 2.62. The Kier molecular flexibility index (Phi) is 6.49. The van der Waals surface area contributed by atoms with Gasteiger partial charge in [0, 0.05) is 30.3 Å². The zero-order chi connectivity index (χ0) is 16.8. The number of hydrogen-bond donors (Lipinski definition) is 2. The average Bonchev–Trinajstić information content (AvgIpc) is 2.45. The normalized spacial score (nSPS) is 11.3. The van der Waals surface area contributed by atoms with E-state index in [0.717, 1.165) is 13.0 Å². The van der Waals surface area contributed by atoms with E-state index in [1.54, 1.807) is 12.1 Å². The lowest BCUT2D eigenvalue weighted by Crippen LogP contribution is -2.32. The molecular weight excluding hydrogens is 282 g/mol. The van der Waals surface area contributed by atoms with Crippen LogP contribution in [0.5, 0.6) is 0 Å². The molecule has 1 rings (SSSR count). The summed E-state index contributed by atoms with van der Waals surface area (Å²) < 4.78 is 0. The maximum atomic E-state index is 12.1. The van der Waals surface area contributed by atoms with Crippen LogP contribution >= 0.6 is 0 Å². The van der Waals surface area contributed by atoms with E-state index in [1.165, 1.54) is 6.07 Å². The molecule has 0 atom stereocenters. The van der Waals surface area contributed by atoms with Crippen LogP contribution in [0.1, 0.15) is 50.0 Å². The molecule has 0 aromatic heterocycles. The molecule has 1 amide bonds. The van der Waals surface area contributed by atoms with Crippen molar-refractivity contribution in [3.63, 3.8) is 0 Å². The molecule has 1 aromatic carbocycles. The van der Waals surface area contributed by atoms with Crippen molar-refractivity contribution in [1.82, 2.24) is 10.6 Å². The number of nitrogens with zero attached hydrogens (tertiary/aromatic N) is 1. The fraction of sp³-hybridized carbons (Fsp3) is 0.562. The first-order valence-corrected chi connectivity index (χ1v) is 7.55. The first-order valence-electron chi connectivity index (χ1n) is 7.55. The highest BCUT2D eigenvalue weighted by molar-refractivity contribution is 5.95. The minimum atomic E-state index is -0.430. The summed E-state index contributed by atoms with van der Waals surface area (Å²) in [6, 6.07) is 4.67. The second-order valence-corrected chi connectivity index (χ2v) is 6.24. The van der Waals surface area contributed by atoms with E-state index in [4.69, 9.17) is 0 Å². The Morgan fingerprint density at radius 3 is 2.45 bits per heavy atom. The van der Waals surface area contributed by atoms with E-state index in [1.807, 2.05) is 20.8 Å². The molecule has 22 heavy (non-hydrogen) atoms. The largest absolute Gasteiger partial charge is 0.351 e. The van der Waals surface area contributed by atoms with Gasteiger partial charge in [-0.2, -0.15) is 0 Å². The van der Waals surface area contributed by atoms with Crippen molar-refractivity contribution >= 4 is 11.6 Å². The van der Waals surface area contributed by atoms with E-state index >= 15 is 0 Å². The minimum Gasteiger partial charge on any atom is -0.351 e. The lowest BCUT2D eigenvalue weighted by atomic mass is 9.85. The van der Waals surface area contributed by atoms with Crippen LogP contribution in [0.25, 0.3) is 0 Å². The molecule has 6 heteroatoms. The van der Waals surface area contributed by atoms with Crippen molar-refractivity contribution < 1.29 is 9.72 Å². The maximum absolute atomic E-state index is 12.1. The molecule has 0 bridgehead atoms. The Hall–Kier alpha value is -1.95. The van der Waals surface area contributed by atoms with Gasteiger partial charge >= 0.3 is 0 Å². The van der Waals surface area contributed by atoms with Crippen LogP contribution in [-0.4, -0.2) is 30.5 Å². The Balaban J connectivity index is 2.82. The number of rotatable bonds is 7. The average molecular weight is 307 g/mol. The third kappa shape index (κ3) is 5.11. The molecule has 122 valence electrons. The number of benzene rings is 1. The zero-order valence-corrected chi connectivity index (χ0v) is 13.7. The molecule has 2 N–H and O–H groups in total. The summed E-state index contributed by atoms with van der Waals surface area (Å²) >= 11 is 0. The molecule has 0 fully saturated rings. The summed E-state index contributed by atoms with van der Waals surface area (Å²) in [4.78, 5) is 22.9. The van der Waals surface area contributed by atoms with Crippen LogP contribution in [0.4, 0.5) is 5.69 Å². The highest BCUT2D eigenvalue weighted by Crippen LogP contribution is 2.31. The SMILES string of the molecule is CCCNCCNC(=O)c1ccc(C(C)(C)C)c([N+](=O)[O-])c1. The van der Waals surface area contributed by atoms with Gasteiger partial charge in [-0.1, -0.05) is 33.8 Å². The van der Waals surface area contributed by atoms with E-state index < -0.39 is 4.92 Å². The van der Waals surface area contributed by atoms with Gasteiger partial charge in [0.25, 0.3) is 11.6 Å². The number of nitro benzene ring substituents is 1. The Morgan fingerprint density at radius 2 is 1.91 bits per heavy atom. The summed E-state index contributed by atoms with van der Waals surface area (Å²) in [6.07, 6.45) is 1.04. The van der Waals surface area contributed by atoms with Gasteiger partial charge < -0.3 is 10.6 Å². The van der Waals surface area contributed by atoms with Gasteiger partial charge in [-0.05, 0) is 24.4 Å². The molecule has 6 nitrogen and oxygen atoms in total. The number of carbonyl (C=O) groups excluding carboxylic acids is 1. The van der Waals surface area contributed by atoms with Crippen molar-refractivity contribution in [2.75, 3.05) is 19.6 Å². The second kappa shape index (κ2) is 7.89. The fourth-order valence-electron chi connectivity index (χ4n) is 2.13. The molecule has 0 saturated carbocycles. The molecule has 0 aliphatic heterocycles. The third-order valence-electron chi connectivity index (χ3n) is 3.28. The summed E-state index contributed by atoms with van der Waals surface area (Å²) in [5, 5.41) is 17.2. The van der Waals surface area contributed by atoms with E-state index in [2.05, 4.69) is 17.6 Å².